The zero-order valence-corrected chi connectivity index (χ0v) is 19.7. The maximum Gasteiger partial charge on any atom is 0.387 e. The van der Waals surface area contributed by atoms with Gasteiger partial charge in [-0.3, -0.25) is 0 Å². The molecule has 1 aromatic carbocycles. The van der Waals surface area contributed by atoms with E-state index in [-0.39, 0.29) is 42.0 Å². The molecule has 0 saturated carbocycles. The third-order valence-electron chi connectivity index (χ3n) is 3.98. The van der Waals surface area contributed by atoms with Crippen LogP contribution in [0.15, 0.2) is 29.5 Å². The highest BCUT2D eigenvalue weighted by atomic mass is 127. The van der Waals surface area contributed by atoms with E-state index in [0.717, 1.165) is 12.2 Å². The lowest BCUT2D eigenvalue weighted by Gasteiger charge is -2.15. The molecule has 0 amide bonds. The van der Waals surface area contributed by atoms with Crippen LogP contribution in [-0.2, 0) is 19.5 Å². The van der Waals surface area contributed by atoms with Gasteiger partial charge in [0.15, 0.2) is 17.5 Å². The first-order valence-electron chi connectivity index (χ1n) is 9.67. The van der Waals surface area contributed by atoms with E-state index in [9.17, 15) is 8.78 Å². The number of guanidine groups is 1. The van der Waals surface area contributed by atoms with Crippen LogP contribution in [0.3, 0.4) is 0 Å². The fraction of sp³-hybridized carbons (Fsp3) is 0.526. The molecule has 2 aromatic rings. The number of aromatic nitrogens is 3. The number of halogens is 3. The number of aryl methyl sites for hydroxylation is 1. The van der Waals surface area contributed by atoms with Gasteiger partial charge in [0.1, 0.15) is 12.2 Å². The lowest BCUT2D eigenvalue weighted by atomic mass is 10.2. The van der Waals surface area contributed by atoms with Gasteiger partial charge in [-0.15, -0.1) is 34.2 Å². The molecular formula is C19H29F2IN6O2. The standard InChI is InChI=1S/C19H28F2N6O2.HI/c1-4-16-26-25-13-27(16)11-10-23-19(22-5-2)24-12-14-8-7-9-15(28-6-3)17(14)29-18(20)21;/h7-9,13,18H,4-6,10-12H2,1-3H3,(H2,22,23,24);1H. The van der Waals surface area contributed by atoms with Gasteiger partial charge in [0.2, 0.25) is 0 Å². The molecule has 0 spiro atoms. The first kappa shape index (κ1) is 25.9. The predicted octanol–water partition coefficient (Wildman–Crippen LogP) is 3.21. The Morgan fingerprint density at radius 1 is 1.23 bits per heavy atom. The zero-order valence-electron chi connectivity index (χ0n) is 17.4. The van der Waals surface area contributed by atoms with Crippen molar-refractivity contribution >= 4 is 29.9 Å². The molecule has 0 atom stereocenters. The summed E-state index contributed by atoms with van der Waals surface area (Å²) in [7, 11) is 0. The van der Waals surface area contributed by atoms with Crippen LogP contribution in [0.1, 0.15) is 32.2 Å². The molecule has 11 heteroatoms. The number of nitrogens with one attached hydrogen (secondary N) is 2. The fourth-order valence-corrected chi connectivity index (χ4v) is 2.72. The quantitative estimate of drug-likeness (QED) is 0.260. The monoisotopic (exact) mass is 538 g/mol. The number of alkyl halides is 2. The topological polar surface area (TPSA) is 85.6 Å². The van der Waals surface area contributed by atoms with E-state index in [1.807, 2.05) is 18.4 Å². The molecule has 0 radical (unpaired) electrons. The Morgan fingerprint density at radius 2 is 2.03 bits per heavy atom. The highest BCUT2D eigenvalue weighted by Crippen LogP contribution is 2.33. The van der Waals surface area contributed by atoms with Crippen LogP contribution >= 0.6 is 24.0 Å². The SMILES string of the molecule is CCNC(=NCc1cccc(OCC)c1OC(F)F)NCCn1cnnc1CC.I. The number of rotatable bonds is 11. The molecule has 168 valence electrons. The molecule has 0 fully saturated rings. The second kappa shape index (κ2) is 13.9. The molecule has 1 heterocycles. The van der Waals surface area contributed by atoms with Crippen LogP contribution in [0.25, 0.3) is 0 Å². The maximum atomic E-state index is 12.9. The van der Waals surface area contributed by atoms with Crippen molar-refractivity contribution in [1.29, 1.82) is 0 Å². The third-order valence-corrected chi connectivity index (χ3v) is 3.98. The highest BCUT2D eigenvalue weighted by molar-refractivity contribution is 14.0. The van der Waals surface area contributed by atoms with Gasteiger partial charge in [-0.05, 0) is 19.9 Å². The van der Waals surface area contributed by atoms with Crippen molar-refractivity contribution in [2.45, 2.75) is 46.9 Å². The minimum absolute atomic E-state index is 0. The Morgan fingerprint density at radius 3 is 2.70 bits per heavy atom. The summed E-state index contributed by atoms with van der Waals surface area (Å²) in [6.45, 7) is 5.27. The van der Waals surface area contributed by atoms with Crippen LogP contribution < -0.4 is 20.1 Å². The molecule has 2 rings (SSSR count). The van der Waals surface area contributed by atoms with Crippen LogP contribution in [0.2, 0.25) is 0 Å². The summed E-state index contributed by atoms with van der Waals surface area (Å²) in [5.74, 6) is 1.78. The minimum Gasteiger partial charge on any atom is -0.490 e. The summed E-state index contributed by atoms with van der Waals surface area (Å²) in [6, 6.07) is 5.02. The van der Waals surface area contributed by atoms with Gasteiger partial charge >= 0.3 is 6.61 Å². The normalized spacial score (nSPS) is 11.2. The van der Waals surface area contributed by atoms with Crippen molar-refractivity contribution in [3.63, 3.8) is 0 Å². The Bertz CT molecular complexity index is 788. The van der Waals surface area contributed by atoms with Gasteiger partial charge in [0, 0.05) is 31.6 Å². The van der Waals surface area contributed by atoms with Crippen LogP contribution in [-0.4, -0.2) is 47.0 Å². The van der Waals surface area contributed by atoms with E-state index in [4.69, 9.17) is 9.47 Å². The van der Waals surface area contributed by atoms with Crippen molar-refractivity contribution in [1.82, 2.24) is 25.4 Å². The minimum atomic E-state index is -2.94. The summed E-state index contributed by atoms with van der Waals surface area (Å²) in [6.07, 6.45) is 2.50. The number of nitrogens with zero attached hydrogens (tertiary/aromatic N) is 4. The predicted molar refractivity (Wildman–Crippen MR) is 122 cm³/mol. The van der Waals surface area contributed by atoms with Crippen molar-refractivity contribution < 1.29 is 18.3 Å². The molecule has 0 aliphatic heterocycles. The van der Waals surface area contributed by atoms with Gasteiger partial charge in [0.05, 0.1) is 13.2 Å². The van der Waals surface area contributed by atoms with E-state index >= 15 is 0 Å². The lowest BCUT2D eigenvalue weighted by molar-refractivity contribution is -0.0520. The van der Waals surface area contributed by atoms with Crippen molar-refractivity contribution in [3.8, 4) is 11.5 Å². The summed E-state index contributed by atoms with van der Waals surface area (Å²) in [5, 5.41) is 14.3. The third kappa shape index (κ3) is 7.92. The average molecular weight is 538 g/mol. The van der Waals surface area contributed by atoms with Crippen molar-refractivity contribution in [2.75, 3.05) is 19.7 Å². The van der Waals surface area contributed by atoms with Gasteiger partial charge in [-0.2, -0.15) is 8.78 Å². The van der Waals surface area contributed by atoms with Crippen molar-refractivity contribution in [3.05, 3.63) is 35.9 Å². The highest BCUT2D eigenvalue weighted by Gasteiger charge is 2.15. The Labute approximate surface area is 192 Å². The van der Waals surface area contributed by atoms with Crippen LogP contribution in [0, 0.1) is 0 Å². The Balaban J connectivity index is 0.00000450. The Hall–Kier alpha value is -2.18. The van der Waals surface area contributed by atoms with Crippen LogP contribution in [0.5, 0.6) is 11.5 Å². The van der Waals surface area contributed by atoms with E-state index in [0.29, 0.717) is 37.8 Å². The molecule has 0 aliphatic carbocycles. The smallest absolute Gasteiger partial charge is 0.387 e. The molecule has 0 bridgehead atoms. The second-order valence-corrected chi connectivity index (χ2v) is 5.97. The first-order valence-corrected chi connectivity index (χ1v) is 9.67. The second-order valence-electron chi connectivity index (χ2n) is 5.97. The molecule has 30 heavy (non-hydrogen) atoms. The van der Waals surface area contributed by atoms with E-state index in [1.165, 1.54) is 0 Å². The maximum absolute atomic E-state index is 12.9. The molecule has 0 unspecified atom stereocenters. The molecule has 0 aliphatic rings. The summed E-state index contributed by atoms with van der Waals surface area (Å²) >= 11 is 0. The molecule has 2 N–H and O–H groups in total. The number of ether oxygens (including phenoxy) is 2. The van der Waals surface area contributed by atoms with E-state index < -0.39 is 6.61 Å². The largest absolute Gasteiger partial charge is 0.490 e. The number of aliphatic imine (C=N–C) groups is 1. The molecule has 8 nitrogen and oxygen atoms in total. The molecule has 1 aromatic heterocycles. The number of benzene rings is 1. The fourth-order valence-electron chi connectivity index (χ4n) is 2.72. The van der Waals surface area contributed by atoms with Crippen molar-refractivity contribution in [2.24, 2.45) is 4.99 Å². The number of hydrogen-bond donors (Lipinski definition) is 2. The van der Waals surface area contributed by atoms with Gasteiger partial charge in [-0.1, -0.05) is 19.1 Å². The zero-order chi connectivity index (χ0) is 21.1. The van der Waals surface area contributed by atoms with Gasteiger partial charge in [0.25, 0.3) is 0 Å². The first-order chi connectivity index (χ1) is 14.1. The number of hydrogen-bond acceptors (Lipinski definition) is 5. The van der Waals surface area contributed by atoms with Crippen LogP contribution in [0.4, 0.5) is 8.78 Å². The van der Waals surface area contributed by atoms with Gasteiger partial charge in [-0.25, -0.2) is 4.99 Å². The summed E-state index contributed by atoms with van der Waals surface area (Å²) in [4.78, 5) is 4.49. The average Bonchev–Trinajstić information content (AvgIpc) is 3.15. The summed E-state index contributed by atoms with van der Waals surface area (Å²) < 4.78 is 37.8. The van der Waals surface area contributed by atoms with Gasteiger partial charge < -0.3 is 24.7 Å². The molecular weight excluding hydrogens is 509 g/mol. The summed E-state index contributed by atoms with van der Waals surface area (Å²) in [5.41, 5.74) is 0.514. The Kier molecular flexibility index (Phi) is 12.0. The van der Waals surface area contributed by atoms with E-state index in [1.54, 1.807) is 31.5 Å². The lowest BCUT2D eigenvalue weighted by Crippen LogP contribution is -2.39. The molecule has 0 saturated heterocycles. The van der Waals surface area contributed by atoms with E-state index in [2.05, 4.69) is 25.8 Å². The number of para-hydroxylation sites is 1.